The van der Waals surface area contributed by atoms with Gasteiger partial charge in [-0.1, -0.05) is 11.6 Å². The number of nitro groups is 1. The van der Waals surface area contributed by atoms with Crippen LogP contribution in [-0.4, -0.2) is 55.2 Å². The van der Waals surface area contributed by atoms with Gasteiger partial charge in [0.05, 0.1) is 41.9 Å². The van der Waals surface area contributed by atoms with Crippen molar-refractivity contribution >= 4 is 41.2 Å². The number of carbonyl (C=O) groups excluding carboxylic acids is 4. The number of esters is 4. The Morgan fingerprint density at radius 3 is 1.44 bits per heavy atom. The van der Waals surface area contributed by atoms with Crippen LogP contribution in [0.5, 0.6) is 0 Å². The summed E-state index contributed by atoms with van der Waals surface area (Å²) in [6.45, 7) is 5.63. The Labute approximate surface area is 189 Å². The van der Waals surface area contributed by atoms with Crippen LogP contribution in [0.1, 0.15) is 50.7 Å². The highest BCUT2D eigenvalue weighted by molar-refractivity contribution is 6.32. The summed E-state index contributed by atoms with van der Waals surface area (Å²) in [6, 6.07) is 1.79. The van der Waals surface area contributed by atoms with Crippen molar-refractivity contribution in [3.8, 4) is 0 Å². The van der Waals surface area contributed by atoms with Crippen molar-refractivity contribution in [2.24, 2.45) is 0 Å². The maximum atomic E-state index is 12.5. The fourth-order valence-electron chi connectivity index (χ4n) is 2.81. The van der Waals surface area contributed by atoms with Gasteiger partial charge < -0.3 is 18.9 Å². The van der Waals surface area contributed by atoms with Gasteiger partial charge in [-0.2, -0.15) is 0 Å². The van der Waals surface area contributed by atoms with Crippen LogP contribution in [0.25, 0.3) is 0 Å². The number of ether oxygens (including phenoxy) is 4. The third kappa shape index (κ3) is 6.39. The van der Waals surface area contributed by atoms with Gasteiger partial charge in [0.25, 0.3) is 5.69 Å². The molecule has 12 heteroatoms. The quantitative estimate of drug-likeness (QED) is 0.154. The summed E-state index contributed by atoms with van der Waals surface area (Å²) in [5, 5.41) is 11.3. The minimum absolute atomic E-state index is 0.0690. The Kier molecular flexibility index (Phi) is 10.6. The highest BCUT2D eigenvalue weighted by Crippen LogP contribution is 2.37. The Balaban J connectivity index is 3.83. The number of carbonyl (C=O) groups is 4. The average molecular weight is 474 g/mol. The number of halogens is 1. The molecular formula is C20H24ClNO10. The molecule has 1 aromatic carbocycles. The molecule has 0 aliphatic heterocycles. The average Bonchev–Trinajstić information content (AvgIpc) is 2.71. The zero-order chi connectivity index (χ0) is 24.4. The summed E-state index contributed by atoms with van der Waals surface area (Å²) < 4.78 is 19.6. The largest absolute Gasteiger partial charge is 0.465 e. The predicted molar refractivity (Wildman–Crippen MR) is 110 cm³/mol. The van der Waals surface area contributed by atoms with E-state index in [9.17, 15) is 29.3 Å². The van der Waals surface area contributed by atoms with Crippen molar-refractivity contribution < 1.29 is 43.0 Å². The fraction of sp³-hybridized carbons (Fsp3) is 0.500. The Hall–Kier alpha value is -3.21. The van der Waals surface area contributed by atoms with E-state index in [1.807, 2.05) is 0 Å². The molecule has 32 heavy (non-hydrogen) atoms. The molecule has 0 bridgehead atoms. The first-order valence-corrected chi connectivity index (χ1v) is 10.2. The van der Waals surface area contributed by atoms with Crippen LogP contribution < -0.4 is 0 Å². The molecule has 0 unspecified atom stereocenters. The second-order valence-electron chi connectivity index (χ2n) is 6.06. The highest BCUT2D eigenvalue weighted by atomic mass is 35.5. The van der Waals surface area contributed by atoms with Crippen LogP contribution >= 0.6 is 11.6 Å². The highest BCUT2D eigenvalue weighted by Gasteiger charge is 2.40. The van der Waals surface area contributed by atoms with Gasteiger partial charge in [-0.05, 0) is 39.3 Å². The molecule has 176 valence electrons. The van der Waals surface area contributed by atoms with Crippen LogP contribution in [0.4, 0.5) is 5.69 Å². The summed E-state index contributed by atoms with van der Waals surface area (Å²) in [5.41, 5.74) is -1.39. The molecule has 11 nitrogen and oxygen atoms in total. The third-order valence-corrected chi connectivity index (χ3v) is 4.38. The van der Waals surface area contributed by atoms with E-state index in [1.165, 1.54) is 27.7 Å². The minimum Gasteiger partial charge on any atom is -0.465 e. The van der Waals surface area contributed by atoms with Crippen molar-refractivity contribution in [2.75, 3.05) is 26.4 Å². The van der Waals surface area contributed by atoms with Crippen molar-refractivity contribution in [3.05, 3.63) is 38.4 Å². The second-order valence-corrected chi connectivity index (χ2v) is 6.47. The molecule has 0 aliphatic carbocycles. The van der Waals surface area contributed by atoms with Crippen LogP contribution in [-0.2, 0) is 38.1 Å². The van der Waals surface area contributed by atoms with Gasteiger partial charge in [-0.25, -0.2) is 0 Å². The number of nitro benzene ring substituents is 1. The van der Waals surface area contributed by atoms with Gasteiger partial charge in [0.2, 0.25) is 0 Å². The third-order valence-electron chi connectivity index (χ3n) is 4.05. The maximum Gasteiger partial charge on any atom is 0.325 e. The molecule has 1 rings (SSSR count). The van der Waals surface area contributed by atoms with E-state index in [2.05, 4.69) is 0 Å². The molecule has 0 atom stereocenters. The molecule has 1 aromatic rings. The molecule has 0 aromatic heterocycles. The van der Waals surface area contributed by atoms with Crippen LogP contribution in [0.15, 0.2) is 12.1 Å². The summed E-state index contributed by atoms with van der Waals surface area (Å²) in [4.78, 5) is 60.8. The fourth-order valence-corrected chi connectivity index (χ4v) is 3.08. The first-order valence-electron chi connectivity index (χ1n) is 9.78. The standard InChI is InChI=1S/C20H24ClNO10/c1-5-29-17(23)15(18(24)30-6-2)11-9-12(14(22(27)28)10-13(11)21)16(19(25)31-7-3)20(26)32-8-4/h9-10,15-16H,5-8H2,1-4H3. The lowest BCUT2D eigenvalue weighted by Gasteiger charge is -2.19. The van der Waals surface area contributed by atoms with Crippen molar-refractivity contribution in [1.29, 1.82) is 0 Å². The molecule has 0 fully saturated rings. The van der Waals surface area contributed by atoms with Gasteiger partial charge in [0.15, 0.2) is 11.8 Å². The number of hydrogen-bond acceptors (Lipinski definition) is 10. The molecule has 0 aliphatic rings. The molecule has 0 N–H and O–H groups in total. The number of benzene rings is 1. The van der Waals surface area contributed by atoms with E-state index in [4.69, 9.17) is 30.5 Å². The van der Waals surface area contributed by atoms with E-state index in [1.54, 1.807) is 0 Å². The topological polar surface area (TPSA) is 148 Å². The van der Waals surface area contributed by atoms with E-state index in [-0.39, 0.29) is 37.0 Å². The molecule has 0 amide bonds. The van der Waals surface area contributed by atoms with Gasteiger partial charge in [0, 0.05) is 6.07 Å². The SMILES string of the molecule is CCOC(=O)C(C(=O)OCC)c1cc(C(C(=O)OCC)C(=O)OCC)c([N+](=O)[O-])cc1Cl. The second kappa shape index (κ2) is 12.6. The number of rotatable bonds is 11. The number of hydrogen-bond donors (Lipinski definition) is 0. The van der Waals surface area contributed by atoms with Crippen molar-refractivity contribution in [1.82, 2.24) is 0 Å². The van der Waals surface area contributed by atoms with E-state index >= 15 is 0 Å². The normalized spacial score (nSPS) is 10.6. The molecule has 0 spiro atoms. The van der Waals surface area contributed by atoms with Crippen molar-refractivity contribution in [3.63, 3.8) is 0 Å². The molecule has 0 saturated carbocycles. The van der Waals surface area contributed by atoms with E-state index in [0.717, 1.165) is 12.1 Å². The lowest BCUT2D eigenvalue weighted by atomic mass is 9.90. The van der Waals surface area contributed by atoms with Crippen LogP contribution in [0.2, 0.25) is 5.02 Å². The molecule has 0 radical (unpaired) electrons. The van der Waals surface area contributed by atoms with Gasteiger partial charge in [0.1, 0.15) is 0 Å². The number of nitrogens with zero attached hydrogens (tertiary/aromatic N) is 1. The van der Waals surface area contributed by atoms with Crippen LogP contribution in [0, 0.1) is 10.1 Å². The summed E-state index contributed by atoms with van der Waals surface area (Å²) in [6.07, 6.45) is 0. The zero-order valence-electron chi connectivity index (χ0n) is 18.0. The summed E-state index contributed by atoms with van der Waals surface area (Å²) in [5.74, 6) is -7.80. The molecular weight excluding hydrogens is 450 g/mol. The maximum absolute atomic E-state index is 12.5. The minimum atomic E-state index is -1.85. The van der Waals surface area contributed by atoms with Gasteiger partial charge in [-0.3, -0.25) is 29.3 Å². The first-order chi connectivity index (χ1) is 15.1. The van der Waals surface area contributed by atoms with Gasteiger partial charge in [-0.15, -0.1) is 0 Å². The lowest BCUT2D eigenvalue weighted by molar-refractivity contribution is -0.385. The Morgan fingerprint density at radius 1 is 0.781 bits per heavy atom. The molecule has 0 heterocycles. The van der Waals surface area contributed by atoms with Gasteiger partial charge >= 0.3 is 23.9 Å². The van der Waals surface area contributed by atoms with Crippen molar-refractivity contribution in [2.45, 2.75) is 39.5 Å². The smallest absolute Gasteiger partial charge is 0.325 e. The predicted octanol–water partition coefficient (Wildman–Crippen LogP) is 2.67. The monoisotopic (exact) mass is 473 g/mol. The van der Waals surface area contributed by atoms with E-state index < -0.39 is 51.9 Å². The zero-order valence-corrected chi connectivity index (χ0v) is 18.8. The first kappa shape index (κ1) is 26.8. The lowest BCUT2D eigenvalue weighted by Crippen LogP contribution is -2.29. The van der Waals surface area contributed by atoms with Crippen LogP contribution in [0.3, 0.4) is 0 Å². The molecule has 0 saturated heterocycles. The summed E-state index contributed by atoms with van der Waals surface area (Å²) >= 11 is 6.16. The summed E-state index contributed by atoms with van der Waals surface area (Å²) in [7, 11) is 0. The van der Waals surface area contributed by atoms with E-state index in [0.29, 0.717) is 0 Å². The Morgan fingerprint density at radius 2 is 1.12 bits per heavy atom. The Bertz CT molecular complexity index is 849.